The van der Waals surface area contributed by atoms with Crippen LogP contribution in [0.2, 0.25) is 0 Å². The van der Waals surface area contributed by atoms with Gasteiger partial charge in [-0.25, -0.2) is 4.79 Å². The van der Waals surface area contributed by atoms with E-state index in [4.69, 9.17) is 14.6 Å². The molecule has 0 radical (unpaired) electrons. The molecule has 0 saturated carbocycles. The normalized spacial score (nSPS) is 12.1. The summed E-state index contributed by atoms with van der Waals surface area (Å²) in [5.41, 5.74) is 4.30. The summed E-state index contributed by atoms with van der Waals surface area (Å²) in [6, 6.07) is 9.68. The summed E-state index contributed by atoms with van der Waals surface area (Å²) in [7, 11) is 3.57. The topological polar surface area (TPSA) is 71.9 Å². The van der Waals surface area contributed by atoms with Gasteiger partial charge in [0.1, 0.15) is 0 Å². The fourth-order valence-corrected chi connectivity index (χ4v) is 2.80. The molecule has 6 heteroatoms. The number of rotatable bonds is 8. The van der Waals surface area contributed by atoms with Gasteiger partial charge in [0.05, 0.1) is 12.8 Å². The standard InChI is InChI=1S/C20H26N2O4/c1-13-8-14(2)21-17(9-13)12-22(4)11-16-6-7-18(19(10-16)25-5)26-15(3)20(23)24/h6-10,15H,11-12H2,1-5H3,(H,23,24). The van der Waals surface area contributed by atoms with Crippen LogP contribution in [-0.4, -0.2) is 41.2 Å². The van der Waals surface area contributed by atoms with Gasteiger partial charge in [0.2, 0.25) is 0 Å². The highest BCUT2D eigenvalue weighted by molar-refractivity contribution is 5.72. The highest BCUT2D eigenvalue weighted by Crippen LogP contribution is 2.29. The van der Waals surface area contributed by atoms with Gasteiger partial charge in [0, 0.05) is 18.8 Å². The van der Waals surface area contributed by atoms with Crippen molar-refractivity contribution in [2.24, 2.45) is 0 Å². The van der Waals surface area contributed by atoms with E-state index in [1.807, 2.05) is 26.1 Å². The minimum absolute atomic E-state index is 0.421. The summed E-state index contributed by atoms with van der Waals surface area (Å²) in [6.45, 7) is 7.00. The van der Waals surface area contributed by atoms with Crippen molar-refractivity contribution in [3.8, 4) is 11.5 Å². The molecule has 0 aliphatic carbocycles. The molecule has 26 heavy (non-hydrogen) atoms. The van der Waals surface area contributed by atoms with E-state index in [9.17, 15) is 4.79 Å². The van der Waals surface area contributed by atoms with Gasteiger partial charge in [-0.15, -0.1) is 0 Å². The smallest absolute Gasteiger partial charge is 0.344 e. The van der Waals surface area contributed by atoms with Gasteiger partial charge in [-0.3, -0.25) is 9.88 Å². The van der Waals surface area contributed by atoms with Gasteiger partial charge in [-0.2, -0.15) is 0 Å². The van der Waals surface area contributed by atoms with E-state index in [2.05, 4.69) is 28.9 Å². The van der Waals surface area contributed by atoms with Crippen LogP contribution in [0.5, 0.6) is 11.5 Å². The van der Waals surface area contributed by atoms with Crippen LogP contribution in [0.25, 0.3) is 0 Å². The number of carboxylic acid groups (broad SMARTS) is 1. The number of aryl methyl sites for hydroxylation is 2. The number of pyridine rings is 1. The predicted octanol–water partition coefficient (Wildman–Crippen LogP) is 3.19. The molecule has 6 nitrogen and oxygen atoms in total. The fraction of sp³-hybridized carbons (Fsp3) is 0.400. The third-order valence-corrected chi connectivity index (χ3v) is 3.91. The molecule has 1 aromatic carbocycles. The van der Waals surface area contributed by atoms with E-state index in [0.29, 0.717) is 18.0 Å². The van der Waals surface area contributed by atoms with Crippen LogP contribution in [-0.2, 0) is 17.9 Å². The lowest BCUT2D eigenvalue weighted by atomic mass is 10.1. The Bertz CT molecular complexity index is 756. The highest BCUT2D eigenvalue weighted by atomic mass is 16.5. The minimum atomic E-state index is -1.02. The molecule has 0 bridgehead atoms. The van der Waals surface area contributed by atoms with Crippen molar-refractivity contribution in [3.05, 3.63) is 52.8 Å². The van der Waals surface area contributed by atoms with Crippen molar-refractivity contribution < 1.29 is 19.4 Å². The number of aromatic nitrogens is 1. The predicted molar refractivity (Wildman–Crippen MR) is 99.6 cm³/mol. The van der Waals surface area contributed by atoms with E-state index < -0.39 is 12.1 Å². The molecule has 1 N–H and O–H groups in total. The second-order valence-electron chi connectivity index (χ2n) is 6.53. The minimum Gasteiger partial charge on any atom is -0.493 e. The van der Waals surface area contributed by atoms with Crippen molar-refractivity contribution in [1.82, 2.24) is 9.88 Å². The maximum absolute atomic E-state index is 11.0. The Balaban J connectivity index is 2.07. The number of carboxylic acids is 1. The van der Waals surface area contributed by atoms with Crippen molar-refractivity contribution >= 4 is 5.97 Å². The Morgan fingerprint density at radius 2 is 1.92 bits per heavy atom. The van der Waals surface area contributed by atoms with Crippen LogP contribution in [0.1, 0.15) is 29.4 Å². The molecular formula is C20H26N2O4. The molecule has 0 aliphatic heterocycles. The molecule has 0 spiro atoms. The number of benzene rings is 1. The molecular weight excluding hydrogens is 332 g/mol. The van der Waals surface area contributed by atoms with Crippen LogP contribution in [0.3, 0.4) is 0 Å². The zero-order valence-corrected chi connectivity index (χ0v) is 15.9. The quantitative estimate of drug-likeness (QED) is 0.781. The van der Waals surface area contributed by atoms with Crippen LogP contribution in [0.15, 0.2) is 30.3 Å². The van der Waals surface area contributed by atoms with Gasteiger partial charge >= 0.3 is 5.97 Å². The largest absolute Gasteiger partial charge is 0.493 e. The third-order valence-electron chi connectivity index (χ3n) is 3.91. The Labute approximate surface area is 154 Å². The van der Waals surface area contributed by atoms with Gasteiger partial charge in [-0.05, 0) is 63.2 Å². The molecule has 1 atom stereocenters. The third kappa shape index (κ3) is 5.46. The lowest BCUT2D eigenvalue weighted by Gasteiger charge is -2.19. The average Bonchev–Trinajstić information content (AvgIpc) is 2.54. The van der Waals surface area contributed by atoms with Crippen LogP contribution in [0.4, 0.5) is 0 Å². The van der Waals surface area contributed by atoms with Gasteiger partial charge < -0.3 is 14.6 Å². The Kier molecular flexibility index (Phi) is 6.58. The van der Waals surface area contributed by atoms with Gasteiger partial charge in [-0.1, -0.05) is 6.07 Å². The number of ether oxygens (including phenoxy) is 2. The first-order valence-corrected chi connectivity index (χ1v) is 8.47. The molecule has 0 amide bonds. The number of aliphatic carboxylic acids is 1. The molecule has 2 aromatic rings. The Morgan fingerprint density at radius 1 is 1.19 bits per heavy atom. The van der Waals surface area contributed by atoms with E-state index in [1.54, 1.807) is 13.2 Å². The van der Waals surface area contributed by atoms with Crippen molar-refractivity contribution in [3.63, 3.8) is 0 Å². The molecule has 0 fully saturated rings. The molecule has 1 unspecified atom stereocenters. The zero-order valence-electron chi connectivity index (χ0n) is 15.9. The zero-order chi connectivity index (χ0) is 19.3. The summed E-state index contributed by atoms with van der Waals surface area (Å²) in [5, 5.41) is 8.98. The summed E-state index contributed by atoms with van der Waals surface area (Å²) in [5.74, 6) is -0.0740. The summed E-state index contributed by atoms with van der Waals surface area (Å²) >= 11 is 0. The van der Waals surface area contributed by atoms with Crippen LogP contribution in [0, 0.1) is 13.8 Å². The highest BCUT2D eigenvalue weighted by Gasteiger charge is 2.16. The van der Waals surface area contributed by atoms with Crippen molar-refractivity contribution in [2.45, 2.75) is 40.0 Å². The maximum Gasteiger partial charge on any atom is 0.344 e. The number of hydrogen-bond acceptors (Lipinski definition) is 5. The van der Waals surface area contributed by atoms with E-state index in [1.165, 1.54) is 12.5 Å². The van der Waals surface area contributed by atoms with Crippen molar-refractivity contribution in [1.29, 1.82) is 0 Å². The lowest BCUT2D eigenvalue weighted by molar-refractivity contribution is -0.144. The van der Waals surface area contributed by atoms with E-state index >= 15 is 0 Å². The second kappa shape index (κ2) is 8.67. The first kappa shape index (κ1) is 19.7. The maximum atomic E-state index is 11.0. The Hall–Kier alpha value is -2.60. The molecule has 140 valence electrons. The number of methoxy groups -OCH3 is 1. The number of nitrogens with zero attached hydrogens (tertiary/aromatic N) is 2. The van der Waals surface area contributed by atoms with Gasteiger partial charge in [0.15, 0.2) is 17.6 Å². The molecule has 2 rings (SSSR count). The van der Waals surface area contributed by atoms with Crippen LogP contribution >= 0.6 is 0 Å². The molecule has 1 heterocycles. The van der Waals surface area contributed by atoms with E-state index in [-0.39, 0.29) is 0 Å². The molecule has 0 saturated heterocycles. The van der Waals surface area contributed by atoms with Crippen LogP contribution < -0.4 is 9.47 Å². The molecule has 0 aliphatic rings. The Morgan fingerprint density at radius 3 is 2.54 bits per heavy atom. The summed E-state index contributed by atoms with van der Waals surface area (Å²) < 4.78 is 10.8. The fourth-order valence-electron chi connectivity index (χ4n) is 2.80. The molecule has 1 aromatic heterocycles. The number of carbonyl (C=O) groups is 1. The van der Waals surface area contributed by atoms with Gasteiger partial charge in [0.25, 0.3) is 0 Å². The average molecular weight is 358 g/mol. The second-order valence-corrected chi connectivity index (χ2v) is 6.53. The van der Waals surface area contributed by atoms with E-state index in [0.717, 1.165) is 23.5 Å². The SMILES string of the molecule is COc1cc(CN(C)Cc2cc(C)cc(C)n2)ccc1OC(C)C(=O)O. The first-order valence-electron chi connectivity index (χ1n) is 8.47. The van der Waals surface area contributed by atoms with Crippen molar-refractivity contribution in [2.75, 3.05) is 14.2 Å². The summed E-state index contributed by atoms with van der Waals surface area (Å²) in [6.07, 6.45) is -0.937. The summed E-state index contributed by atoms with van der Waals surface area (Å²) in [4.78, 5) is 17.7. The number of hydrogen-bond donors (Lipinski definition) is 1. The monoisotopic (exact) mass is 358 g/mol. The first-order chi connectivity index (χ1) is 12.3. The lowest BCUT2D eigenvalue weighted by Crippen LogP contribution is -2.23.